The molecule has 2 N–H and O–H groups in total. The molecular formula is C10H21NO. The summed E-state index contributed by atoms with van der Waals surface area (Å²) in [5, 5.41) is 0. The van der Waals surface area contributed by atoms with Gasteiger partial charge in [-0.3, -0.25) is 4.79 Å². The van der Waals surface area contributed by atoms with Crippen LogP contribution in [0.25, 0.3) is 0 Å². The zero-order valence-corrected chi connectivity index (χ0v) is 8.47. The number of ketones is 1. The third-order valence-electron chi connectivity index (χ3n) is 2.18. The smallest absolute Gasteiger partial charge is 0.149 e. The Hall–Kier alpha value is -0.370. The van der Waals surface area contributed by atoms with E-state index in [1.807, 2.05) is 6.92 Å². The Morgan fingerprint density at radius 3 is 2.42 bits per heavy atom. The van der Waals surface area contributed by atoms with Gasteiger partial charge in [0.2, 0.25) is 0 Å². The summed E-state index contributed by atoms with van der Waals surface area (Å²) >= 11 is 0. The van der Waals surface area contributed by atoms with Gasteiger partial charge in [0.15, 0.2) is 0 Å². The minimum absolute atomic E-state index is 0.221. The SMILES string of the molecule is CCCC(C)CC(=O)C(N)CC. The summed E-state index contributed by atoms with van der Waals surface area (Å²) in [6.45, 7) is 6.21. The van der Waals surface area contributed by atoms with E-state index in [-0.39, 0.29) is 11.8 Å². The van der Waals surface area contributed by atoms with Gasteiger partial charge in [-0.25, -0.2) is 0 Å². The Balaban J connectivity index is 3.67. The van der Waals surface area contributed by atoms with Gasteiger partial charge in [-0.1, -0.05) is 33.6 Å². The van der Waals surface area contributed by atoms with Crippen molar-refractivity contribution in [2.24, 2.45) is 11.7 Å². The summed E-state index contributed by atoms with van der Waals surface area (Å²) in [7, 11) is 0. The van der Waals surface area contributed by atoms with E-state index in [4.69, 9.17) is 5.73 Å². The molecule has 0 heterocycles. The van der Waals surface area contributed by atoms with Crippen LogP contribution in [-0.2, 0) is 4.79 Å². The van der Waals surface area contributed by atoms with Gasteiger partial charge in [-0.15, -0.1) is 0 Å². The molecule has 0 aliphatic carbocycles. The van der Waals surface area contributed by atoms with Crippen molar-refractivity contribution in [3.8, 4) is 0 Å². The molecule has 0 fully saturated rings. The maximum Gasteiger partial charge on any atom is 0.149 e. The van der Waals surface area contributed by atoms with E-state index in [0.717, 1.165) is 19.3 Å². The van der Waals surface area contributed by atoms with Crippen LogP contribution in [0.3, 0.4) is 0 Å². The van der Waals surface area contributed by atoms with Gasteiger partial charge < -0.3 is 5.73 Å². The molecule has 0 saturated heterocycles. The molecule has 0 bridgehead atoms. The van der Waals surface area contributed by atoms with Gasteiger partial charge in [-0.2, -0.15) is 0 Å². The Labute approximate surface area is 75.5 Å². The van der Waals surface area contributed by atoms with Crippen LogP contribution in [0.2, 0.25) is 0 Å². The van der Waals surface area contributed by atoms with E-state index in [0.29, 0.717) is 12.3 Å². The highest BCUT2D eigenvalue weighted by Crippen LogP contribution is 2.11. The first-order valence-corrected chi connectivity index (χ1v) is 4.90. The molecule has 0 rings (SSSR count). The maximum absolute atomic E-state index is 11.3. The average molecular weight is 171 g/mol. The fourth-order valence-corrected chi connectivity index (χ4v) is 1.32. The number of Topliss-reactive ketones (excluding diaryl/α,β-unsaturated/α-hetero) is 1. The molecule has 0 aromatic rings. The van der Waals surface area contributed by atoms with Crippen LogP contribution in [0, 0.1) is 5.92 Å². The molecule has 0 saturated carbocycles. The number of nitrogens with two attached hydrogens (primary N) is 1. The molecule has 72 valence electrons. The first-order chi connectivity index (χ1) is 5.61. The largest absolute Gasteiger partial charge is 0.322 e. The number of carbonyl (C=O) groups is 1. The van der Waals surface area contributed by atoms with Crippen molar-refractivity contribution in [2.75, 3.05) is 0 Å². The topological polar surface area (TPSA) is 43.1 Å². The van der Waals surface area contributed by atoms with Crippen molar-refractivity contribution in [3.05, 3.63) is 0 Å². The van der Waals surface area contributed by atoms with Crippen molar-refractivity contribution in [2.45, 2.75) is 52.5 Å². The van der Waals surface area contributed by atoms with E-state index in [9.17, 15) is 4.79 Å². The quantitative estimate of drug-likeness (QED) is 0.665. The second-order valence-corrected chi connectivity index (χ2v) is 3.58. The van der Waals surface area contributed by atoms with Crippen LogP contribution in [0.15, 0.2) is 0 Å². The number of hydrogen-bond acceptors (Lipinski definition) is 2. The van der Waals surface area contributed by atoms with Crippen molar-refractivity contribution >= 4 is 5.78 Å². The van der Waals surface area contributed by atoms with Gasteiger partial charge in [0, 0.05) is 6.42 Å². The first kappa shape index (κ1) is 11.6. The van der Waals surface area contributed by atoms with Crippen LogP contribution < -0.4 is 5.73 Å². The molecule has 12 heavy (non-hydrogen) atoms. The second kappa shape index (κ2) is 6.18. The normalized spacial score (nSPS) is 15.7. The van der Waals surface area contributed by atoms with Crippen LogP contribution >= 0.6 is 0 Å². The van der Waals surface area contributed by atoms with Gasteiger partial charge in [0.25, 0.3) is 0 Å². The van der Waals surface area contributed by atoms with Crippen molar-refractivity contribution < 1.29 is 4.79 Å². The van der Waals surface area contributed by atoms with E-state index in [1.165, 1.54) is 0 Å². The molecule has 0 amide bonds. The lowest BCUT2D eigenvalue weighted by Gasteiger charge is -2.12. The minimum Gasteiger partial charge on any atom is -0.322 e. The maximum atomic E-state index is 11.3. The molecule has 2 nitrogen and oxygen atoms in total. The third-order valence-corrected chi connectivity index (χ3v) is 2.18. The van der Waals surface area contributed by atoms with E-state index >= 15 is 0 Å². The van der Waals surface area contributed by atoms with Crippen LogP contribution in [0.4, 0.5) is 0 Å². The molecule has 2 atom stereocenters. The number of carbonyl (C=O) groups excluding carboxylic acids is 1. The van der Waals surface area contributed by atoms with E-state index in [2.05, 4.69) is 13.8 Å². The van der Waals surface area contributed by atoms with Crippen LogP contribution in [0.1, 0.15) is 46.5 Å². The summed E-state index contributed by atoms with van der Waals surface area (Å²) < 4.78 is 0. The molecule has 0 radical (unpaired) electrons. The van der Waals surface area contributed by atoms with Gasteiger partial charge in [0.05, 0.1) is 6.04 Å². The zero-order chi connectivity index (χ0) is 9.56. The zero-order valence-electron chi connectivity index (χ0n) is 8.47. The summed E-state index contributed by atoms with van der Waals surface area (Å²) in [4.78, 5) is 11.3. The molecule has 0 aliphatic rings. The van der Waals surface area contributed by atoms with Gasteiger partial charge >= 0.3 is 0 Å². The molecular weight excluding hydrogens is 150 g/mol. The molecule has 0 aromatic carbocycles. The number of rotatable bonds is 6. The molecule has 0 aromatic heterocycles. The Morgan fingerprint density at radius 1 is 1.42 bits per heavy atom. The molecule has 2 unspecified atom stereocenters. The highest BCUT2D eigenvalue weighted by atomic mass is 16.1. The lowest BCUT2D eigenvalue weighted by atomic mass is 9.96. The summed E-state index contributed by atoms with van der Waals surface area (Å²) in [5.74, 6) is 0.721. The van der Waals surface area contributed by atoms with E-state index in [1.54, 1.807) is 0 Å². The van der Waals surface area contributed by atoms with E-state index < -0.39 is 0 Å². The summed E-state index contributed by atoms with van der Waals surface area (Å²) in [5.41, 5.74) is 5.61. The predicted octanol–water partition coefficient (Wildman–Crippen LogP) is 2.12. The highest BCUT2D eigenvalue weighted by Gasteiger charge is 2.13. The fourth-order valence-electron chi connectivity index (χ4n) is 1.32. The lowest BCUT2D eigenvalue weighted by Crippen LogP contribution is -2.30. The van der Waals surface area contributed by atoms with Crippen LogP contribution in [0.5, 0.6) is 0 Å². The van der Waals surface area contributed by atoms with Crippen molar-refractivity contribution in [1.29, 1.82) is 0 Å². The monoisotopic (exact) mass is 171 g/mol. The van der Waals surface area contributed by atoms with Crippen molar-refractivity contribution in [3.63, 3.8) is 0 Å². The minimum atomic E-state index is -0.232. The second-order valence-electron chi connectivity index (χ2n) is 3.58. The average Bonchev–Trinajstić information content (AvgIpc) is 2.03. The third kappa shape index (κ3) is 4.50. The standard InChI is InChI=1S/C10H21NO/c1-4-6-8(3)7-10(12)9(11)5-2/h8-9H,4-7,11H2,1-3H3. The Bertz CT molecular complexity index is 134. The summed E-state index contributed by atoms with van der Waals surface area (Å²) in [6, 6.07) is -0.232. The number of hydrogen-bond donors (Lipinski definition) is 1. The van der Waals surface area contributed by atoms with Gasteiger partial charge in [-0.05, 0) is 12.3 Å². The predicted molar refractivity (Wildman–Crippen MR) is 52.0 cm³/mol. The van der Waals surface area contributed by atoms with Gasteiger partial charge in [0.1, 0.15) is 5.78 Å². The highest BCUT2D eigenvalue weighted by molar-refractivity contribution is 5.83. The summed E-state index contributed by atoms with van der Waals surface area (Å²) in [6.07, 6.45) is 3.69. The fraction of sp³-hybridized carbons (Fsp3) is 0.900. The lowest BCUT2D eigenvalue weighted by molar-refractivity contribution is -0.121. The molecule has 2 heteroatoms. The van der Waals surface area contributed by atoms with Crippen molar-refractivity contribution in [1.82, 2.24) is 0 Å². The molecule has 0 spiro atoms. The molecule has 0 aliphatic heterocycles. The van der Waals surface area contributed by atoms with Crippen LogP contribution in [-0.4, -0.2) is 11.8 Å². The Kier molecular flexibility index (Phi) is 5.99. The Morgan fingerprint density at radius 2 is 2.00 bits per heavy atom. The first-order valence-electron chi connectivity index (χ1n) is 4.90.